The maximum absolute atomic E-state index is 12.4. The molecule has 2 aromatic rings. The van der Waals surface area contributed by atoms with Crippen molar-refractivity contribution in [1.82, 2.24) is 9.88 Å². The number of hydrogen-bond donors (Lipinski definition) is 2. The lowest BCUT2D eigenvalue weighted by atomic mass is 10.1. The lowest BCUT2D eigenvalue weighted by Crippen LogP contribution is -2.34. The first-order valence-corrected chi connectivity index (χ1v) is 8.37. The molecule has 1 aromatic carbocycles. The molecule has 0 spiro atoms. The van der Waals surface area contributed by atoms with Crippen molar-refractivity contribution >= 4 is 17.5 Å². The van der Waals surface area contributed by atoms with Gasteiger partial charge < -0.3 is 15.2 Å². The normalized spacial score (nSPS) is 11.8. The molecule has 5 heteroatoms. The van der Waals surface area contributed by atoms with Gasteiger partial charge in [0.05, 0.1) is 0 Å². The number of rotatable bonds is 8. The highest BCUT2D eigenvalue weighted by Gasteiger charge is 2.18. The summed E-state index contributed by atoms with van der Waals surface area (Å²) in [7, 11) is 0. The number of amides is 2. The lowest BCUT2D eigenvalue weighted by Gasteiger charge is -2.18. The van der Waals surface area contributed by atoms with Crippen LogP contribution in [0.2, 0.25) is 0 Å². The zero-order chi connectivity index (χ0) is 17.4. The molecule has 0 unspecified atom stereocenters. The van der Waals surface area contributed by atoms with E-state index in [2.05, 4.69) is 17.6 Å². The first-order valence-electron chi connectivity index (χ1n) is 8.37. The Labute approximate surface area is 143 Å². The molecule has 0 radical (unpaired) electrons. The number of anilines is 1. The van der Waals surface area contributed by atoms with E-state index < -0.39 is 0 Å². The Morgan fingerprint density at radius 3 is 2.58 bits per heavy atom. The summed E-state index contributed by atoms with van der Waals surface area (Å²) in [6.07, 6.45) is 5.74. The molecule has 2 rings (SSSR count). The third-order valence-corrected chi connectivity index (χ3v) is 3.81. The smallest absolute Gasteiger partial charge is 0.243 e. The first-order chi connectivity index (χ1) is 11.6. The highest BCUT2D eigenvalue weighted by molar-refractivity contribution is 5.91. The molecular weight excluding hydrogens is 302 g/mol. The molecule has 1 atom stereocenters. The summed E-state index contributed by atoms with van der Waals surface area (Å²) in [6.45, 7) is 4.36. The standard InChI is InChI=1S/C19H25N3O2/c1-3-7-17(22-12-4-5-13-22)19(24)20-11-10-18(23)21-16-9-6-8-15(2)14-16/h4-6,8-9,12-14,17H,3,7,10-11H2,1-2H3,(H,20,24)(H,21,23)/t17-/m0/s1. The average Bonchev–Trinajstić information content (AvgIpc) is 3.06. The summed E-state index contributed by atoms with van der Waals surface area (Å²) in [5, 5.41) is 5.71. The van der Waals surface area contributed by atoms with Crippen LogP contribution < -0.4 is 10.6 Å². The number of aromatic nitrogens is 1. The molecule has 1 heterocycles. The molecule has 0 saturated carbocycles. The third kappa shape index (κ3) is 5.26. The third-order valence-electron chi connectivity index (χ3n) is 3.81. The fourth-order valence-electron chi connectivity index (χ4n) is 2.61. The van der Waals surface area contributed by atoms with Crippen LogP contribution in [0.15, 0.2) is 48.8 Å². The van der Waals surface area contributed by atoms with Crippen LogP contribution in [-0.4, -0.2) is 22.9 Å². The van der Waals surface area contributed by atoms with Gasteiger partial charge in [0.25, 0.3) is 0 Å². The molecule has 0 aliphatic carbocycles. The number of carbonyl (C=O) groups is 2. The van der Waals surface area contributed by atoms with Crippen molar-refractivity contribution in [2.45, 2.75) is 39.2 Å². The minimum absolute atomic E-state index is 0.0450. The predicted molar refractivity (Wildman–Crippen MR) is 95.8 cm³/mol. The van der Waals surface area contributed by atoms with Crippen LogP contribution in [0.4, 0.5) is 5.69 Å². The summed E-state index contributed by atoms with van der Waals surface area (Å²) in [5.41, 5.74) is 1.87. The molecule has 0 aliphatic rings. The average molecular weight is 327 g/mol. The van der Waals surface area contributed by atoms with E-state index in [4.69, 9.17) is 0 Å². The highest BCUT2D eigenvalue weighted by Crippen LogP contribution is 2.14. The van der Waals surface area contributed by atoms with Gasteiger partial charge in [0.1, 0.15) is 6.04 Å². The second kappa shape index (κ2) is 8.91. The molecule has 0 saturated heterocycles. The topological polar surface area (TPSA) is 63.1 Å². The molecule has 2 N–H and O–H groups in total. The van der Waals surface area contributed by atoms with E-state index in [9.17, 15) is 9.59 Å². The number of nitrogens with zero attached hydrogens (tertiary/aromatic N) is 1. The zero-order valence-corrected chi connectivity index (χ0v) is 14.3. The van der Waals surface area contributed by atoms with Crippen LogP contribution in [0.3, 0.4) is 0 Å². The van der Waals surface area contributed by atoms with Crippen molar-refractivity contribution in [1.29, 1.82) is 0 Å². The lowest BCUT2D eigenvalue weighted by molar-refractivity contribution is -0.124. The molecule has 0 aliphatic heterocycles. The predicted octanol–water partition coefficient (Wildman–Crippen LogP) is 3.28. The molecule has 24 heavy (non-hydrogen) atoms. The van der Waals surface area contributed by atoms with Gasteiger partial charge in [-0.3, -0.25) is 9.59 Å². The van der Waals surface area contributed by atoms with Gasteiger partial charge >= 0.3 is 0 Å². The van der Waals surface area contributed by atoms with E-state index in [1.165, 1.54) is 0 Å². The van der Waals surface area contributed by atoms with E-state index >= 15 is 0 Å². The number of benzene rings is 1. The van der Waals surface area contributed by atoms with Crippen molar-refractivity contribution < 1.29 is 9.59 Å². The quantitative estimate of drug-likeness (QED) is 0.781. The highest BCUT2D eigenvalue weighted by atomic mass is 16.2. The SMILES string of the molecule is CCC[C@@H](C(=O)NCCC(=O)Nc1cccc(C)c1)n1cccc1. The van der Waals surface area contributed by atoms with Gasteiger partial charge in [0, 0.05) is 31.0 Å². The van der Waals surface area contributed by atoms with Crippen LogP contribution >= 0.6 is 0 Å². The van der Waals surface area contributed by atoms with Crippen LogP contribution in [-0.2, 0) is 9.59 Å². The first kappa shape index (κ1) is 17.8. The van der Waals surface area contributed by atoms with Gasteiger partial charge in [-0.1, -0.05) is 25.5 Å². The van der Waals surface area contributed by atoms with Crippen LogP contribution in [0.1, 0.15) is 37.8 Å². The minimum atomic E-state index is -0.218. The Kier molecular flexibility index (Phi) is 6.61. The van der Waals surface area contributed by atoms with Gasteiger partial charge in [-0.05, 0) is 43.2 Å². The van der Waals surface area contributed by atoms with E-state index in [-0.39, 0.29) is 24.3 Å². The van der Waals surface area contributed by atoms with Crippen molar-refractivity contribution in [3.8, 4) is 0 Å². The van der Waals surface area contributed by atoms with Crippen molar-refractivity contribution in [3.63, 3.8) is 0 Å². The number of aryl methyl sites for hydroxylation is 1. The van der Waals surface area contributed by atoms with E-state index in [1.807, 2.05) is 60.3 Å². The molecule has 5 nitrogen and oxygen atoms in total. The van der Waals surface area contributed by atoms with Gasteiger partial charge in [-0.15, -0.1) is 0 Å². The van der Waals surface area contributed by atoms with Crippen molar-refractivity contribution in [2.24, 2.45) is 0 Å². The number of nitrogens with one attached hydrogen (secondary N) is 2. The Morgan fingerprint density at radius 1 is 1.17 bits per heavy atom. The second-order valence-electron chi connectivity index (χ2n) is 5.89. The Bertz CT molecular complexity index is 665. The second-order valence-corrected chi connectivity index (χ2v) is 5.89. The van der Waals surface area contributed by atoms with Gasteiger partial charge in [-0.2, -0.15) is 0 Å². The Balaban J connectivity index is 1.79. The Hall–Kier alpha value is -2.56. The molecule has 1 aromatic heterocycles. The van der Waals surface area contributed by atoms with Crippen LogP contribution in [0.5, 0.6) is 0 Å². The maximum atomic E-state index is 12.4. The van der Waals surface area contributed by atoms with Gasteiger partial charge in [-0.25, -0.2) is 0 Å². The molecule has 0 fully saturated rings. The summed E-state index contributed by atoms with van der Waals surface area (Å²) in [4.78, 5) is 24.3. The van der Waals surface area contributed by atoms with Gasteiger partial charge in [0.2, 0.25) is 11.8 Å². The summed E-state index contributed by atoms with van der Waals surface area (Å²) < 4.78 is 1.91. The number of hydrogen-bond acceptors (Lipinski definition) is 2. The van der Waals surface area contributed by atoms with E-state index in [0.717, 1.165) is 24.1 Å². The fraction of sp³-hybridized carbons (Fsp3) is 0.368. The summed E-state index contributed by atoms with van der Waals surface area (Å²) >= 11 is 0. The van der Waals surface area contributed by atoms with E-state index in [1.54, 1.807) is 0 Å². The molecule has 0 bridgehead atoms. The fourth-order valence-corrected chi connectivity index (χ4v) is 2.61. The maximum Gasteiger partial charge on any atom is 0.243 e. The van der Waals surface area contributed by atoms with E-state index in [0.29, 0.717) is 6.54 Å². The van der Waals surface area contributed by atoms with Gasteiger partial charge in [0.15, 0.2) is 0 Å². The minimum Gasteiger partial charge on any atom is -0.354 e. The Morgan fingerprint density at radius 2 is 1.92 bits per heavy atom. The van der Waals surface area contributed by atoms with Crippen molar-refractivity contribution in [3.05, 3.63) is 54.4 Å². The zero-order valence-electron chi connectivity index (χ0n) is 14.3. The van der Waals surface area contributed by atoms with Crippen LogP contribution in [0.25, 0.3) is 0 Å². The van der Waals surface area contributed by atoms with Crippen molar-refractivity contribution in [2.75, 3.05) is 11.9 Å². The number of carbonyl (C=O) groups excluding carboxylic acids is 2. The largest absolute Gasteiger partial charge is 0.354 e. The summed E-state index contributed by atoms with van der Waals surface area (Å²) in [6, 6.07) is 11.2. The molecule has 2 amide bonds. The molecule has 128 valence electrons. The molecular formula is C19H25N3O2. The monoisotopic (exact) mass is 327 g/mol. The van der Waals surface area contributed by atoms with Crippen LogP contribution in [0, 0.1) is 6.92 Å². The summed E-state index contributed by atoms with van der Waals surface area (Å²) in [5.74, 6) is -0.148.